The van der Waals surface area contributed by atoms with Gasteiger partial charge in [-0.3, -0.25) is 9.69 Å². The molecule has 1 aliphatic rings. The van der Waals surface area contributed by atoms with Crippen molar-refractivity contribution in [2.75, 3.05) is 27.2 Å². The van der Waals surface area contributed by atoms with Crippen LogP contribution in [-0.4, -0.2) is 61.3 Å². The second-order valence-electron chi connectivity index (χ2n) is 3.09. The lowest BCUT2D eigenvalue weighted by Gasteiger charge is -2.13. The average Bonchev–Trinajstić information content (AvgIpc) is 2.65. The minimum atomic E-state index is -3.43. The summed E-state index contributed by atoms with van der Waals surface area (Å²) in [6, 6.07) is 0. The fourth-order valence-corrected chi connectivity index (χ4v) is 2.59. The van der Waals surface area contributed by atoms with Crippen molar-refractivity contribution in [2.45, 2.75) is 5.37 Å². The van der Waals surface area contributed by atoms with Gasteiger partial charge in [0.25, 0.3) is 0 Å². The SMILES string of the molecule is CN1C[C@@H]1S(=O)(=O)N(C)CC(=O)O. The Labute approximate surface area is 76.8 Å². The van der Waals surface area contributed by atoms with Gasteiger partial charge in [-0.1, -0.05) is 0 Å². The van der Waals surface area contributed by atoms with E-state index in [1.807, 2.05) is 0 Å². The molecule has 7 heteroatoms. The van der Waals surface area contributed by atoms with E-state index >= 15 is 0 Å². The number of carboxylic acids is 1. The molecule has 0 aromatic carbocycles. The summed E-state index contributed by atoms with van der Waals surface area (Å²) in [5.41, 5.74) is 0. The van der Waals surface area contributed by atoms with E-state index in [-0.39, 0.29) is 0 Å². The van der Waals surface area contributed by atoms with Gasteiger partial charge in [-0.2, -0.15) is 4.31 Å². The molecule has 0 aliphatic carbocycles. The minimum absolute atomic E-state index is 0.478. The average molecular weight is 208 g/mol. The summed E-state index contributed by atoms with van der Waals surface area (Å²) in [5, 5.41) is 7.86. The van der Waals surface area contributed by atoms with E-state index in [4.69, 9.17) is 5.11 Å². The van der Waals surface area contributed by atoms with Crippen molar-refractivity contribution in [3.63, 3.8) is 0 Å². The number of carboxylic acid groups (broad SMARTS) is 1. The summed E-state index contributed by atoms with van der Waals surface area (Å²) in [7, 11) is -0.481. The zero-order chi connectivity index (χ0) is 10.2. The van der Waals surface area contributed by atoms with Gasteiger partial charge in [0.1, 0.15) is 11.9 Å². The van der Waals surface area contributed by atoms with Crippen molar-refractivity contribution in [3.8, 4) is 0 Å². The summed E-state index contributed by atoms with van der Waals surface area (Å²) >= 11 is 0. The zero-order valence-corrected chi connectivity index (χ0v) is 8.28. The normalized spacial score (nSPS) is 27.6. The standard InChI is InChI=1S/C6H12N2O4S/c1-7-3-5(7)13(11,12)8(2)4-6(9)10/h5H,3-4H2,1-2H3,(H,9,10)/t5-,7?/m0/s1. The van der Waals surface area contributed by atoms with Gasteiger partial charge in [-0.05, 0) is 7.05 Å². The van der Waals surface area contributed by atoms with Gasteiger partial charge < -0.3 is 5.11 Å². The van der Waals surface area contributed by atoms with E-state index in [2.05, 4.69) is 0 Å². The number of likely N-dealkylation sites (N-methyl/N-ethyl adjacent to an activating group) is 2. The van der Waals surface area contributed by atoms with Crippen molar-refractivity contribution in [1.29, 1.82) is 0 Å². The first-order chi connectivity index (χ1) is 5.85. The fraction of sp³-hybridized carbons (Fsp3) is 0.833. The molecule has 1 heterocycles. The second-order valence-corrected chi connectivity index (χ2v) is 5.29. The minimum Gasteiger partial charge on any atom is -0.480 e. The maximum absolute atomic E-state index is 11.5. The molecule has 0 saturated carbocycles. The lowest BCUT2D eigenvalue weighted by Crippen LogP contribution is -2.35. The van der Waals surface area contributed by atoms with Crippen LogP contribution < -0.4 is 0 Å². The molecule has 1 fully saturated rings. The Kier molecular flexibility index (Phi) is 2.60. The first kappa shape index (κ1) is 10.4. The Bertz CT molecular complexity index is 313. The van der Waals surface area contributed by atoms with Crippen molar-refractivity contribution >= 4 is 16.0 Å². The molecule has 1 saturated heterocycles. The van der Waals surface area contributed by atoms with Crippen LogP contribution in [0.25, 0.3) is 0 Å². The van der Waals surface area contributed by atoms with Crippen molar-refractivity contribution in [3.05, 3.63) is 0 Å². The van der Waals surface area contributed by atoms with Crippen LogP contribution in [-0.2, 0) is 14.8 Å². The molecule has 2 atom stereocenters. The van der Waals surface area contributed by atoms with Gasteiger partial charge in [-0.15, -0.1) is 0 Å². The number of aliphatic carboxylic acids is 1. The molecule has 13 heavy (non-hydrogen) atoms. The van der Waals surface area contributed by atoms with Gasteiger partial charge in [-0.25, -0.2) is 8.42 Å². The number of hydrogen-bond acceptors (Lipinski definition) is 4. The summed E-state index contributed by atoms with van der Waals surface area (Å²) in [5.74, 6) is -1.14. The van der Waals surface area contributed by atoms with Crippen LogP contribution in [0.3, 0.4) is 0 Å². The van der Waals surface area contributed by atoms with Gasteiger partial charge in [0, 0.05) is 13.6 Å². The Morgan fingerprint density at radius 1 is 1.69 bits per heavy atom. The van der Waals surface area contributed by atoms with Crippen LogP contribution >= 0.6 is 0 Å². The summed E-state index contributed by atoms with van der Waals surface area (Å²) in [6.45, 7) is -0.00103. The van der Waals surface area contributed by atoms with Gasteiger partial charge in [0.05, 0.1) is 0 Å². The number of carbonyl (C=O) groups is 1. The van der Waals surface area contributed by atoms with E-state index in [1.54, 1.807) is 11.9 Å². The van der Waals surface area contributed by atoms with Crippen LogP contribution in [0, 0.1) is 0 Å². The summed E-state index contributed by atoms with van der Waals surface area (Å²) < 4.78 is 23.8. The first-order valence-electron chi connectivity index (χ1n) is 3.73. The first-order valence-corrected chi connectivity index (χ1v) is 5.23. The van der Waals surface area contributed by atoms with E-state index in [9.17, 15) is 13.2 Å². The molecule has 0 radical (unpaired) electrons. The number of rotatable bonds is 4. The molecule has 0 aromatic heterocycles. The third kappa shape index (κ3) is 2.17. The molecule has 0 amide bonds. The van der Waals surface area contributed by atoms with E-state index in [0.717, 1.165) is 4.31 Å². The van der Waals surface area contributed by atoms with Crippen LogP contribution in [0.5, 0.6) is 0 Å². The number of sulfonamides is 1. The van der Waals surface area contributed by atoms with Crippen LogP contribution in [0.2, 0.25) is 0 Å². The quantitative estimate of drug-likeness (QED) is 0.575. The predicted molar refractivity (Wildman–Crippen MR) is 45.6 cm³/mol. The molecule has 1 rings (SSSR count). The monoisotopic (exact) mass is 208 g/mol. The van der Waals surface area contributed by atoms with Gasteiger partial charge in [0.15, 0.2) is 0 Å². The van der Waals surface area contributed by atoms with Crippen molar-refractivity contribution < 1.29 is 18.3 Å². The molecule has 6 nitrogen and oxygen atoms in total. The van der Waals surface area contributed by atoms with Gasteiger partial charge in [0.2, 0.25) is 10.0 Å². The zero-order valence-electron chi connectivity index (χ0n) is 7.47. The highest BCUT2D eigenvalue weighted by Gasteiger charge is 2.44. The van der Waals surface area contributed by atoms with Crippen molar-refractivity contribution in [1.82, 2.24) is 9.21 Å². The maximum atomic E-state index is 11.5. The lowest BCUT2D eigenvalue weighted by atomic mass is 10.7. The van der Waals surface area contributed by atoms with Gasteiger partial charge >= 0.3 is 5.97 Å². The largest absolute Gasteiger partial charge is 0.480 e. The Hall–Kier alpha value is -0.660. The lowest BCUT2D eigenvalue weighted by molar-refractivity contribution is -0.137. The Morgan fingerprint density at radius 2 is 2.15 bits per heavy atom. The Morgan fingerprint density at radius 3 is 2.46 bits per heavy atom. The van der Waals surface area contributed by atoms with Crippen LogP contribution in [0.4, 0.5) is 0 Å². The molecular weight excluding hydrogens is 196 g/mol. The highest BCUT2D eigenvalue weighted by Crippen LogP contribution is 2.22. The van der Waals surface area contributed by atoms with Crippen LogP contribution in [0.1, 0.15) is 0 Å². The van der Waals surface area contributed by atoms with E-state index in [0.29, 0.717) is 6.54 Å². The summed E-state index contributed by atoms with van der Waals surface area (Å²) in [4.78, 5) is 11.9. The van der Waals surface area contributed by atoms with Crippen molar-refractivity contribution in [2.24, 2.45) is 0 Å². The third-order valence-corrected chi connectivity index (χ3v) is 4.13. The molecule has 0 spiro atoms. The fourth-order valence-electron chi connectivity index (χ4n) is 1.01. The maximum Gasteiger partial charge on any atom is 0.318 e. The highest BCUT2D eigenvalue weighted by molar-refractivity contribution is 7.90. The molecule has 1 unspecified atom stereocenters. The number of nitrogens with zero attached hydrogens (tertiary/aromatic N) is 2. The Balaban J connectivity index is 2.65. The van der Waals surface area contributed by atoms with E-state index in [1.165, 1.54) is 7.05 Å². The smallest absolute Gasteiger partial charge is 0.318 e. The summed E-state index contributed by atoms with van der Waals surface area (Å²) in [6.07, 6.45) is 0. The highest BCUT2D eigenvalue weighted by atomic mass is 32.2. The number of hydrogen-bond donors (Lipinski definition) is 1. The molecule has 1 aliphatic heterocycles. The van der Waals surface area contributed by atoms with E-state index < -0.39 is 27.9 Å². The second kappa shape index (κ2) is 3.24. The van der Waals surface area contributed by atoms with Crippen LogP contribution in [0.15, 0.2) is 0 Å². The molecule has 76 valence electrons. The molecule has 0 bridgehead atoms. The molecular formula is C6H12N2O4S. The molecule has 1 N–H and O–H groups in total. The third-order valence-electron chi connectivity index (χ3n) is 1.94. The molecule has 0 aromatic rings. The topological polar surface area (TPSA) is 77.7 Å². The predicted octanol–water partition coefficient (Wildman–Crippen LogP) is -1.40.